The van der Waals surface area contributed by atoms with Gasteiger partial charge < -0.3 is 5.11 Å². The van der Waals surface area contributed by atoms with Crippen molar-refractivity contribution >= 4 is 11.6 Å². The van der Waals surface area contributed by atoms with Crippen LogP contribution in [0.2, 0.25) is 5.02 Å². The third-order valence-corrected chi connectivity index (χ3v) is 2.49. The molecule has 0 aliphatic heterocycles. The third kappa shape index (κ3) is 2.25. The van der Waals surface area contributed by atoms with Crippen molar-refractivity contribution in [2.45, 2.75) is 13.0 Å². The molecule has 5 nitrogen and oxygen atoms in total. The molecule has 1 atom stereocenters. The number of aromatic amines is 1. The Kier molecular flexibility index (Phi) is 2.96. The van der Waals surface area contributed by atoms with Crippen LogP contribution in [0.25, 0.3) is 0 Å². The van der Waals surface area contributed by atoms with Gasteiger partial charge in [-0.25, -0.2) is 0 Å². The number of hydrogen-bond donors (Lipinski definition) is 3. The predicted octanol–water partition coefficient (Wildman–Crippen LogP) is 1.36. The molecule has 0 spiro atoms. The van der Waals surface area contributed by atoms with Gasteiger partial charge in [-0.05, 0) is 25.1 Å². The van der Waals surface area contributed by atoms with E-state index < -0.39 is 0 Å². The summed E-state index contributed by atoms with van der Waals surface area (Å²) in [6.45, 7) is 1.92. The van der Waals surface area contributed by atoms with Crippen LogP contribution in [0.3, 0.4) is 0 Å². The molecule has 0 aliphatic carbocycles. The van der Waals surface area contributed by atoms with Crippen molar-refractivity contribution < 1.29 is 9.78 Å². The number of aromatic nitrogens is 3. The molecule has 3 N–H and O–H groups in total. The van der Waals surface area contributed by atoms with Crippen molar-refractivity contribution in [3.8, 4) is 5.75 Å². The molecule has 0 fully saturated rings. The van der Waals surface area contributed by atoms with Crippen LogP contribution in [0.1, 0.15) is 18.5 Å². The van der Waals surface area contributed by atoms with Crippen LogP contribution in [0, 0.1) is 0 Å². The molecule has 1 heterocycles. The second kappa shape index (κ2) is 4.40. The lowest BCUT2D eigenvalue weighted by Crippen LogP contribution is -2.44. The van der Waals surface area contributed by atoms with Crippen LogP contribution < -0.4 is 10.1 Å². The quantitative estimate of drug-likeness (QED) is 0.709. The third-order valence-electron chi connectivity index (χ3n) is 2.25. The van der Waals surface area contributed by atoms with Crippen LogP contribution in [-0.4, -0.2) is 15.3 Å². The number of phenols is 1. The van der Waals surface area contributed by atoms with E-state index in [0.717, 1.165) is 5.56 Å². The standard InChI is InChI=1S/C10H11ClN4O/c1-7(14-15-5-12-13-6-15)9-4-8(11)2-3-10(9)16/h2-7,14,16H,1H3/p+1. The molecule has 2 aromatic rings. The van der Waals surface area contributed by atoms with Crippen LogP contribution >= 0.6 is 11.6 Å². The zero-order chi connectivity index (χ0) is 11.5. The lowest BCUT2D eigenvalue weighted by molar-refractivity contribution is -0.653. The minimum absolute atomic E-state index is 0.0821. The summed E-state index contributed by atoms with van der Waals surface area (Å²) in [5, 5.41) is 16.8. The summed E-state index contributed by atoms with van der Waals surface area (Å²) in [5.41, 5.74) is 3.85. The van der Waals surface area contributed by atoms with Crippen molar-refractivity contribution in [1.82, 2.24) is 10.2 Å². The molecular weight excluding hydrogens is 228 g/mol. The van der Waals surface area contributed by atoms with Gasteiger partial charge >= 0.3 is 0 Å². The number of phenolic OH excluding ortho intramolecular Hbond substituents is 1. The molecule has 1 aromatic heterocycles. The van der Waals surface area contributed by atoms with E-state index in [1.165, 1.54) is 0 Å². The molecule has 0 saturated carbocycles. The Bertz CT molecular complexity index is 472. The molecule has 0 aliphatic rings. The molecule has 2 rings (SSSR count). The number of aromatic hydroxyl groups is 1. The van der Waals surface area contributed by atoms with Crippen molar-refractivity contribution in [3.63, 3.8) is 0 Å². The van der Waals surface area contributed by atoms with E-state index in [1.54, 1.807) is 35.5 Å². The SMILES string of the molecule is CC(N[n+]1cn[nH]c1)c1cc(Cl)ccc1O. The Morgan fingerprint density at radius 3 is 3.06 bits per heavy atom. The van der Waals surface area contributed by atoms with E-state index in [0.29, 0.717) is 5.02 Å². The molecular formula is C10H12ClN4O+. The Balaban J connectivity index is 2.20. The van der Waals surface area contributed by atoms with E-state index >= 15 is 0 Å². The lowest BCUT2D eigenvalue weighted by Gasteiger charge is -2.14. The maximum absolute atomic E-state index is 9.70. The van der Waals surface area contributed by atoms with E-state index in [9.17, 15) is 5.11 Å². The molecule has 0 bridgehead atoms. The van der Waals surface area contributed by atoms with Crippen LogP contribution in [0.5, 0.6) is 5.75 Å². The lowest BCUT2D eigenvalue weighted by atomic mass is 10.1. The van der Waals surface area contributed by atoms with Gasteiger partial charge in [-0.2, -0.15) is 0 Å². The zero-order valence-corrected chi connectivity index (χ0v) is 9.44. The van der Waals surface area contributed by atoms with Crippen molar-refractivity contribution in [2.75, 3.05) is 5.43 Å². The highest BCUT2D eigenvalue weighted by atomic mass is 35.5. The van der Waals surface area contributed by atoms with Gasteiger partial charge in [0, 0.05) is 15.7 Å². The fraction of sp³-hybridized carbons (Fsp3) is 0.200. The van der Waals surface area contributed by atoms with Gasteiger partial charge in [0.15, 0.2) is 0 Å². The normalized spacial score (nSPS) is 12.4. The van der Waals surface area contributed by atoms with Crippen LogP contribution in [0.15, 0.2) is 30.9 Å². The average molecular weight is 240 g/mol. The topological polar surface area (TPSA) is 64.8 Å². The Morgan fingerprint density at radius 1 is 1.56 bits per heavy atom. The summed E-state index contributed by atoms with van der Waals surface area (Å²) in [6.07, 6.45) is 3.26. The molecule has 0 amide bonds. The second-order valence-electron chi connectivity index (χ2n) is 3.46. The first kappa shape index (κ1) is 10.8. The first-order valence-corrected chi connectivity index (χ1v) is 5.19. The van der Waals surface area contributed by atoms with Gasteiger partial charge in [0.25, 0.3) is 6.33 Å². The van der Waals surface area contributed by atoms with E-state index in [4.69, 9.17) is 11.6 Å². The Morgan fingerprint density at radius 2 is 2.38 bits per heavy atom. The Hall–Kier alpha value is -1.75. The molecule has 16 heavy (non-hydrogen) atoms. The van der Waals surface area contributed by atoms with E-state index in [1.807, 2.05) is 6.92 Å². The fourth-order valence-corrected chi connectivity index (χ4v) is 1.64. The van der Waals surface area contributed by atoms with Gasteiger partial charge in [0.05, 0.1) is 6.04 Å². The predicted molar refractivity (Wildman–Crippen MR) is 59.7 cm³/mol. The smallest absolute Gasteiger partial charge is 0.286 e. The van der Waals surface area contributed by atoms with Gasteiger partial charge in [-0.15, -0.1) is 9.77 Å². The number of nitrogens with zero attached hydrogens (tertiary/aromatic N) is 2. The first-order chi connectivity index (χ1) is 7.66. The molecule has 84 valence electrons. The summed E-state index contributed by atoms with van der Waals surface area (Å²) < 4.78 is 1.67. The van der Waals surface area contributed by atoms with Crippen LogP contribution in [-0.2, 0) is 0 Å². The molecule has 6 heteroatoms. The average Bonchev–Trinajstić information content (AvgIpc) is 2.74. The first-order valence-electron chi connectivity index (χ1n) is 4.82. The van der Waals surface area contributed by atoms with Gasteiger partial charge in [-0.1, -0.05) is 11.6 Å². The maximum Gasteiger partial charge on any atom is 0.286 e. The number of hydrogen-bond acceptors (Lipinski definition) is 3. The molecule has 1 unspecified atom stereocenters. The number of nitrogens with one attached hydrogen (secondary N) is 2. The van der Waals surface area contributed by atoms with E-state index in [-0.39, 0.29) is 11.8 Å². The summed E-state index contributed by atoms with van der Waals surface area (Å²) in [6, 6.07) is 4.88. The number of H-pyrrole nitrogens is 1. The minimum atomic E-state index is -0.0821. The highest BCUT2D eigenvalue weighted by Gasteiger charge is 2.12. The van der Waals surface area contributed by atoms with Crippen molar-refractivity contribution in [1.29, 1.82) is 0 Å². The van der Waals surface area contributed by atoms with E-state index in [2.05, 4.69) is 15.6 Å². The summed E-state index contributed by atoms with van der Waals surface area (Å²) in [7, 11) is 0. The molecule has 0 saturated heterocycles. The summed E-state index contributed by atoms with van der Waals surface area (Å²) >= 11 is 5.88. The highest BCUT2D eigenvalue weighted by molar-refractivity contribution is 6.30. The zero-order valence-electron chi connectivity index (χ0n) is 8.68. The number of halogens is 1. The highest BCUT2D eigenvalue weighted by Crippen LogP contribution is 2.26. The maximum atomic E-state index is 9.70. The largest absolute Gasteiger partial charge is 0.508 e. The minimum Gasteiger partial charge on any atom is -0.508 e. The summed E-state index contributed by atoms with van der Waals surface area (Å²) in [4.78, 5) is 0. The van der Waals surface area contributed by atoms with Gasteiger partial charge in [0.1, 0.15) is 5.75 Å². The monoisotopic (exact) mass is 239 g/mol. The molecule has 0 radical (unpaired) electrons. The summed E-state index contributed by atoms with van der Waals surface area (Å²) in [5.74, 6) is 0.216. The number of rotatable bonds is 3. The second-order valence-corrected chi connectivity index (χ2v) is 3.90. The molecule has 1 aromatic carbocycles. The van der Waals surface area contributed by atoms with Gasteiger partial charge in [-0.3, -0.25) is 5.43 Å². The van der Waals surface area contributed by atoms with Crippen molar-refractivity contribution in [3.05, 3.63) is 41.4 Å². The van der Waals surface area contributed by atoms with Crippen LogP contribution in [0.4, 0.5) is 0 Å². The fourth-order valence-electron chi connectivity index (χ4n) is 1.46. The van der Waals surface area contributed by atoms with Gasteiger partial charge in [0.2, 0.25) is 6.33 Å². The Labute approximate surface area is 97.7 Å². The van der Waals surface area contributed by atoms with Crippen molar-refractivity contribution in [2.24, 2.45) is 0 Å². The number of benzene rings is 1.